The highest BCUT2D eigenvalue weighted by Gasteiger charge is 2.59. The maximum Gasteiger partial charge on any atom is 0.251 e. The van der Waals surface area contributed by atoms with E-state index < -0.39 is 0 Å². The van der Waals surface area contributed by atoms with Crippen LogP contribution in [0.4, 0.5) is 0 Å². The van der Waals surface area contributed by atoms with Gasteiger partial charge in [0, 0.05) is 16.6 Å². The van der Waals surface area contributed by atoms with Crippen LogP contribution in [-0.2, 0) is 0 Å². The van der Waals surface area contributed by atoms with Gasteiger partial charge in [-0.3, -0.25) is 4.79 Å². The minimum absolute atomic E-state index is 0.0154. The quantitative estimate of drug-likeness (QED) is 0.712. The lowest BCUT2D eigenvalue weighted by Gasteiger charge is -2.24. The SMILES string of the molecule is CCC(NC(=O)c1ccc(Cl)cc1)C1[C@H]2CC(C(C#N)c3ccccc3)C[C@@H]12. The Kier molecular flexibility index (Phi) is 5.42. The average molecular weight is 393 g/mol. The normalized spacial score (nSPS) is 27.3. The third kappa shape index (κ3) is 3.66. The molecule has 0 spiro atoms. The first-order chi connectivity index (χ1) is 13.6. The van der Waals surface area contributed by atoms with Crippen LogP contribution in [0.1, 0.15) is 48.0 Å². The number of carbonyl (C=O) groups excluding carboxylic acids is 1. The van der Waals surface area contributed by atoms with E-state index in [0.717, 1.165) is 24.8 Å². The molecule has 6 atom stereocenters. The Morgan fingerprint density at radius 3 is 2.36 bits per heavy atom. The largest absolute Gasteiger partial charge is 0.349 e. The van der Waals surface area contributed by atoms with Gasteiger partial charge in [0.05, 0.1) is 12.0 Å². The molecule has 2 saturated carbocycles. The second-order valence-electron chi connectivity index (χ2n) is 8.15. The average Bonchev–Trinajstić information content (AvgIpc) is 3.20. The van der Waals surface area contributed by atoms with Gasteiger partial charge in [0.1, 0.15) is 0 Å². The van der Waals surface area contributed by atoms with Crippen molar-refractivity contribution in [2.45, 2.75) is 38.1 Å². The topological polar surface area (TPSA) is 52.9 Å². The molecule has 2 aromatic carbocycles. The number of nitriles is 1. The summed E-state index contributed by atoms with van der Waals surface area (Å²) in [6, 6.07) is 19.9. The van der Waals surface area contributed by atoms with Crippen molar-refractivity contribution in [3.63, 3.8) is 0 Å². The van der Waals surface area contributed by atoms with E-state index in [1.54, 1.807) is 24.3 Å². The molecule has 0 radical (unpaired) electrons. The number of amides is 1. The number of rotatable bonds is 6. The van der Waals surface area contributed by atoms with Crippen LogP contribution in [0.15, 0.2) is 54.6 Å². The van der Waals surface area contributed by atoms with Crippen molar-refractivity contribution in [2.24, 2.45) is 23.7 Å². The van der Waals surface area contributed by atoms with E-state index in [4.69, 9.17) is 11.6 Å². The summed E-state index contributed by atoms with van der Waals surface area (Å²) in [7, 11) is 0. The smallest absolute Gasteiger partial charge is 0.251 e. The molecular formula is C24H25ClN2O. The number of benzene rings is 2. The summed E-state index contributed by atoms with van der Waals surface area (Å²) in [5, 5.41) is 13.6. The van der Waals surface area contributed by atoms with Gasteiger partial charge < -0.3 is 5.32 Å². The Morgan fingerprint density at radius 1 is 1.14 bits per heavy atom. The first-order valence-electron chi connectivity index (χ1n) is 10.1. The van der Waals surface area contributed by atoms with Crippen molar-refractivity contribution in [1.82, 2.24) is 5.32 Å². The predicted molar refractivity (Wildman–Crippen MR) is 111 cm³/mol. The monoisotopic (exact) mass is 392 g/mol. The summed E-state index contributed by atoms with van der Waals surface area (Å²) in [6.07, 6.45) is 3.12. The van der Waals surface area contributed by atoms with Crippen LogP contribution in [0.2, 0.25) is 5.02 Å². The molecule has 28 heavy (non-hydrogen) atoms. The fourth-order valence-corrected chi connectivity index (χ4v) is 5.36. The van der Waals surface area contributed by atoms with Gasteiger partial charge in [-0.05, 0) is 72.8 Å². The molecule has 2 aromatic rings. The van der Waals surface area contributed by atoms with Crippen LogP contribution >= 0.6 is 11.6 Å². The molecule has 2 aliphatic carbocycles. The first-order valence-corrected chi connectivity index (χ1v) is 10.5. The molecule has 4 heteroatoms. The van der Waals surface area contributed by atoms with Crippen molar-refractivity contribution < 1.29 is 4.79 Å². The summed E-state index contributed by atoms with van der Waals surface area (Å²) >= 11 is 5.92. The molecule has 4 rings (SSSR count). The summed E-state index contributed by atoms with van der Waals surface area (Å²) in [6.45, 7) is 2.14. The summed E-state index contributed by atoms with van der Waals surface area (Å²) in [5.41, 5.74) is 1.79. The third-order valence-corrected chi connectivity index (χ3v) is 6.90. The van der Waals surface area contributed by atoms with Crippen molar-refractivity contribution in [3.8, 4) is 6.07 Å². The molecule has 3 nitrogen and oxygen atoms in total. The number of fused-ring (bicyclic) bond motifs is 1. The highest BCUT2D eigenvalue weighted by atomic mass is 35.5. The van der Waals surface area contributed by atoms with E-state index in [1.807, 2.05) is 18.2 Å². The van der Waals surface area contributed by atoms with Crippen LogP contribution in [-0.4, -0.2) is 11.9 Å². The molecule has 2 aliphatic rings. The minimum Gasteiger partial charge on any atom is -0.349 e. The summed E-state index contributed by atoms with van der Waals surface area (Å²) in [4.78, 5) is 12.6. The van der Waals surface area contributed by atoms with Crippen LogP contribution in [0.25, 0.3) is 0 Å². The molecule has 0 aromatic heterocycles. The second kappa shape index (κ2) is 7.97. The van der Waals surface area contributed by atoms with E-state index in [2.05, 4.69) is 30.4 Å². The maximum atomic E-state index is 12.6. The van der Waals surface area contributed by atoms with Crippen LogP contribution in [0, 0.1) is 35.0 Å². The van der Waals surface area contributed by atoms with Crippen molar-refractivity contribution in [1.29, 1.82) is 5.26 Å². The predicted octanol–water partition coefficient (Wildman–Crippen LogP) is 5.43. The van der Waals surface area contributed by atoms with Gasteiger partial charge in [-0.15, -0.1) is 0 Å². The van der Waals surface area contributed by atoms with Gasteiger partial charge in [0.15, 0.2) is 0 Å². The number of hydrogen-bond donors (Lipinski definition) is 1. The van der Waals surface area contributed by atoms with E-state index in [9.17, 15) is 10.1 Å². The highest BCUT2D eigenvalue weighted by molar-refractivity contribution is 6.30. The standard InChI is InChI=1S/C24H25ClN2O/c1-2-22(27-24(28)16-8-10-18(25)11-9-16)23-19-12-17(13-20(19)23)21(14-26)15-6-4-3-5-7-15/h3-11,17,19-23H,2,12-13H2,1H3,(H,27,28)/t17?,19-,20+,21?,22?,23?. The maximum absolute atomic E-state index is 12.6. The Hall–Kier alpha value is -2.31. The van der Waals surface area contributed by atoms with Crippen LogP contribution < -0.4 is 5.32 Å². The van der Waals surface area contributed by atoms with E-state index in [-0.39, 0.29) is 17.9 Å². The number of halogens is 1. The van der Waals surface area contributed by atoms with Gasteiger partial charge in [0.25, 0.3) is 5.91 Å². The van der Waals surface area contributed by atoms with Gasteiger partial charge >= 0.3 is 0 Å². The number of carbonyl (C=O) groups is 1. The molecule has 1 N–H and O–H groups in total. The molecule has 0 aliphatic heterocycles. The summed E-state index contributed by atoms with van der Waals surface area (Å²) in [5.74, 6) is 2.22. The lowest BCUT2D eigenvalue weighted by Crippen LogP contribution is -2.37. The lowest BCUT2D eigenvalue weighted by molar-refractivity contribution is 0.0926. The minimum atomic E-state index is -0.0239. The molecule has 4 unspecified atom stereocenters. The van der Waals surface area contributed by atoms with Crippen molar-refractivity contribution in [3.05, 3.63) is 70.7 Å². The highest BCUT2D eigenvalue weighted by Crippen LogP contribution is 2.63. The number of nitrogens with zero attached hydrogens (tertiary/aromatic N) is 1. The Morgan fingerprint density at radius 2 is 1.79 bits per heavy atom. The Labute approximate surface area is 171 Å². The Balaban J connectivity index is 1.37. The third-order valence-electron chi connectivity index (χ3n) is 6.64. The zero-order valence-electron chi connectivity index (χ0n) is 16.0. The van der Waals surface area contributed by atoms with E-state index >= 15 is 0 Å². The van der Waals surface area contributed by atoms with Crippen LogP contribution in [0.5, 0.6) is 0 Å². The zero-order chi connectivity index (χ0) is 19.7. The van der Waals surface area contributed by atoms with Gasteiger partial charge in [-0.1, -0.05) is 48.9 Å². The Bertz CT molecular complexity index is 862. The first kappa shape index (κ1) is 19.0. The number of nitrogens with one attached hydrogen (secondary N) is 1. The molecule has 1 amide bonds. The molecule has 0 heterocycles. The van der Waals surface area contributed by atoms with E-state index in [0.29, 0.717) is 34.3 Å². The lowest BCUT2D eigenvalue weighted by atomic mass is 9.82. The summed E-state index contributed by atoms with van der Waals surface area (Å²) < 4.78 is 0. The van der Waals surface area contributed by atoms with E-state index in [1.165, 1.54) is 0 Å². The fraction of sp³-hybridized carbons (Fsp3) is 0.417. The molecule has 0 saturated heterocycles. The molecule has 144 valence electrons. The molecule has 0 bridgehead atoms. The number of hydrogen-bond acceptors (Lipinski definition) is 2. The van der Waals surface area contributed by atoms with Gasteiger partial charge in [0.2, 0.25) is 0 Å². The molecule has 2 fully saturated rings. The zero-order valence-corrected chi connectivity index (χ0v) is 16.8. The van der Waals surface area contributed by atoms with Gasteiger partial charge in [-0.25, -0.2) is 0 Å². The van der Waals surface area contributed by atoms with Crippen molar-refractivity contribution in [2.75, 3.05) is 0 Å². The molecular weight excluding hydrogens is 368 g/mol. The fourth-order valence-electron chi connectivity index (χ4n) is 5.24. The van der Waals surface area contributed by atoms with Crippen molar-refractivity contribution >= 4 is 17.5 Å². The van der Waals surface area contributed by atoms with Crippen LogP contribution in [0.3, 0.4) is 0 Å². The second-order valence-corrected chi connectivity index (χ2v) is 8.59. The van der Waals surface area contributed by atoms with Gasteiger partial charge in [-0.2, -0.15) is 5.26 Å².